The van der Waals surface area contributed by atoms with Gasteiger partial charge in [-0.15, -0.1) is 0 Å². The number of hydrogen-bond acceptors (Lipinski definition) is 2. The summed E-state index contributed by atoms with van der Waals surface area (Å²) in [4.78, 5) is 4.81. The molecule has 0 bridgehead atoms. The summed E-state index contributed by atoms with van der Waals surface area (Å²) in [5, 5.41) is 4.65. The normalized spacial score (nSPS) is 11.4. The smallest absolute Gasteiger partial charge is 0.134 e. The highest BCUT2D eigenvalue weighted by atomic mass is 15.0. The Balaban J connectivity index is 1.93. The van der Waals surface area contributed by atoms with Crippen LogP contribution in [0.1, 0.15) is 25.0 Å². The van der Waals surface area contributed by atoms with E-state index in [2.05, 4.69) is 79.8 Å². The molecule has 0 fully saturated rings. The number of pyridine rings is 1. The predicted molar refractivity (Wildman–Crippen MR) is 99.4 cm³/mol. The summed E-state index contributed by atoms with van der Waals surface area (Å²) in [6.07, 6.45) is 4.37. The van der Waals surface area contributed by atoms with Crippen molar-refractivity contribution in [1.82, 2.24) is 4.98 Å². The molecule has 0 saturated carbocycles. The van der Waals surface area contributed by atoms with Crippen molar-refractivity contribution in [3.05, 3.63) is 77.9 Å². The molecule has 0 unspecified atom stereocenters. The van der Waals surface area contributed by atoms with Gasteiger partial charge in [0, 0.05) is 17.5 Å². The minimum Gasteiger partial charge on any atom is -0.365 e. The molecule has 2 nitrogen and oxygen atoms in total. The molecule has 1 N–H and O–H groups in total. The third-order valence-corrected chi connectivity index (χ3v) is 3.72. The maximum absolute atomic E-state index is 4.81. The first kappa shape index (κ1) is 15.3. The molecule has 2 heteroatoms. The molecular formula is C21H22N2. The molecule has 3 rings (SSSR count). The van der Waals surface area contributed by atoms with E-state index in [1.807, 2.05) is 12.1 Å². The first-order valence-corrected chi connectivity index (χ1v) is 8.08. The van der Waals surface area contributed by atoms with Crippen LogP contribution >= 0.6 is 0 Å². The van der Waals surface area contributed by atoms with Gasteiger partial charge in [-0.25, -0.2) is 4.98 Å². The fourth-order valence-electron chi connectivity index (χ4n) is 2.48. The quantitative estimate of drug-likeness (QED) is 0.671. The molecule has 116 valence electrons. The zero-order valence-corrected chi connectivity index (χ0v) is 13.7. The zero-order chi connectivity index (χ0) is 16.1. The first-order chi connectivity index (χ1) is 11.2. The van der Waals surface area contributed by atoms with Crippen molar-refractivity contribution in [3.63, 3.8) is 0 Å². The predicted octanol–water partition coefficient (Wildman–Crippen LogP) is 5.52. The summed E-state index contributed by atoms with van der Waals surface area (Å²) in [5.41, 5.74) is 3.40. The molecule has 3 aromatic rings. The Morgan fingerprint density at radius 1 is 1.00 bits per heavy atom. The first-order valence-electron chi connectivity index (χ1n) is 8.08. The summed E-state index contributed by atoms with van der Waals surface area (Å²) >= 11 is 0. The van der Waals surface area contributed by atoms with E-state index in [0.29, 0.717) is 5.92 Å². The molecule has 0 radical (unpaired) electrons. The molecule has 2 aromatic carbocycles. The van der Waals surface area contributed by atoms with Crippen molar-refractivity contribution in [2.45, 2.75) is 20.4 Å². The van der Waals surface area contributed by atoms with Gasteiger partial charge in [0.05, 0.1) is 5.52 Å². The highest BCUT2D eigenvalue weighted by Crippen LogP contribution is 2.23. The van der Waals surface area contributed by atoms with E-state index in [0.717, 1.165) is 23.4 Å². The maximum Gasteiger partial charge on any atom is 0.134 e. The van der Waals surface area contributed by atoms with Gasteiger partial charge < -0.3 is 5.32 Å². The summed E-state index contributed by atoms with van der Waals surface area (Å²) in [5.74, 6) is 1.45. The van der Waals surface area contributed by atoms with E-state index in [9.17, 15) is 0 Å². The molecule has 0 aliphatic heterocycles. The topological polar surface area (TPSA) is 24.9 Å². The summed E-state index contributed by atoms with van der Waals surface area (Å²) in [6, 6.07) is 20.8. The SMILES string of the molecule is CC(C)/C=C\c1cc2ccccc2nc1NCc1ccccc1. The number of anilines is 1. The van der Waals surface area contributed by atoms with Crippen LogP contribution in [0.25, 0.3) is 17.0 Å². The van der Waals surface area contributed by atoms with Crippen molar-refractivity contribution in [3.8, 4) is 0 Å². The number of nitrogens with one attached hydrogen (secondary N) is 1. The molecule has 0 spiro atoms. The Bertz CT molecular complexity index is 804. The van der Waals surface area contributed by atoms with Gasteiger partial charge in [-0.2, -0.15) is 0 Å². The number of aromatic nitrogens is 1. The van der Waals surface area contributed by atoms with Crippen molar-refractivity contribution in [2.75, 3.05) is 5.32 Å². The van der Waals surface area contributed by atoms with Crippen molar-refractivity contribution in [2.24, 2.45) is 5.92 Å². The van der Waals surface area contributed by atoms with Crippen LogP contribution in [0, 0.1) is 5.92 Å². The number of para-hydroxylation sites is 1. The molecule has 0 atom stereocenters. The average Bonchev–Trinajstić information content (AvgIpc) is 2.58. The summed E-state index contributed by atoms with van der Waals surface area (Å²) in [7, 11) is 0. The molecule has 1 aromatic heterocycles. The van der Waals surface area contributed by atoms with E-state index >= 15 is 0 Å². The van der Waals surface area contributed by atoms with Crippen molar-refractivity contribution >= 4 is 22.8 Å². The molecule has 1 heterocycles. The second kappa shape index (κ2) is 7.10. The molecule has 0 saturated heterocycles. The number of allylic oxidation sites excluding steroid dienone is 1. The van der Waals surface area contributed by atoms with Gasteiger partial charge >= 0.3 is 0 Å². The van der Waals surface area contributed by atoms with E-state index in [4.69, 9.17) is 4.98 Å². The minimum absolute atomic E-state index is 0.517. The van der Waals surface area contributed by atoms with Crippen LogP contribution in [0.4, 0.5) is 5.82 Å². The van der Waals surface area contributed by atoms with Gasteiger partial charge in [-0.1, -0.05) is 74.5 Å². The van der Waals surface area contributed by atoms with Crippen LogP contribution in [-0.4, -0.2) is 4.98 Å². The summed E-state index contributed by atoms with van der Waals surface area (Å²) < 4.78 is 0. The highest BCUT2D eigenvalue weighted by Gasteiger charge is 2.05. The van der Waals surface area contributed by atoms with E-state index < -0.39 is 0 Å². The number of nitrogens with zero attached hydrogens (tertiary/aromatic N) is 1. The highest BCUT2D eigenvalue weighted by molar-refractivity contribution is 5.84. The van der Waals surface area contributed by atoms with Gasteiger partial charge in [0.15, 0.2) is 0 Å². The van der Waals surface area contributed by atoms with Gasteiger partial charge in [0.25, 0.3) is 0 Å². The van der Waals surface area contributed by atoms with Gasteiger partial charge in [-0.05, 0) is 23.6 Å². The molecule has 0 aliphatic carbocycles. The van der Waals surface area contributed by atoms with Gasteiger partial charge in [0.2, 0.25) is 0 Å². The average molecular weight is 302 g/mol. The zero-order valence-electron chi connectivity index (χ0n) is 13.7. The van der Waals surface area contributed by atoms with Gasteiger partial charge in [-0.3, -0.25) is 0 Å². The lowest BCUT2D eigenvalue weighted by atomic mass is 10.1. The Labute approximate surface area is 137 Å². The summed E-state index contributed by atoms with van der Waals surface area (Å²) in [6.45, 7) is 5.14. The van der Waals surface area contributed by atoms with Crippen LogP contribution in [0.5, 0.6) is 0 Å². The van der Waals surface area contributed by atoms with Gasteiger partial charge in [0.1, 0.15) is 5.82 Å². The third kappa shape index (κ3) is 3.98. The van der Waals surface area contributed by atoms with E-state index in [1.165, 1.54) is 10.9 Å². The second-order valence-corrected chi connectivity index (χ2v) is 6.06. The lowest BCUT2D eigenvalue weighted by Crippen LogP contribution is -2.03. The van der Waals surface area contributed by atoms with Crippen molar-refractivity contribution < 1.29 is 0 Å². The lowest BCUT2D eigenvalue weighted by molar-refractivity contribution is 0.836. The lowest BCUT2D eigenvalue weighted by Gasteiger charge is -2.11. The Kier molecular flexibility index (Phi) is 4.72. The fraction of sp³-hybridized carbons (Fsp3) is 0.190. The number of hydrogen-bond donors (Lipinski definition) is 1. The third-order valence-electron chi connectivity index (χ3n) is 3.72. The maximum atomic E-state index is 4.81. The Hall–Kier alpha value is -2.61. The molecule has 0 amide bonds. The van der Waals surface area contributed by atoms with Crippen LogP contribution in [-0.2, 0) is 6.54 Å². The number of rotatable bonds is 5. The monoisotopic (exact) mass is 302 g/mol. The molecular weight excluding hydrogens is 280 g/mol. The van der Waals surface area contributed by atoms with Crippen LogP contribution < -0.4 is 5.32 Å². The minimum atomic E-state index is 0.517. The standard InChI is InChI=1S/C21H22N2/c1-16(2)12-13-19-14-18-10-6-7-11-20(18)23-21(19)22-15-17-8-4-3-5-9-17/h3-14,16H,15H2,1-2H3,(H,22,23)/b13-12-. The second-order valence-electron chi connectivity index (χ2n) is 6.06. The van der Waals surface area contributed by atoms with Crippen LogP contribution in [0.2, 0.25) is 0 Å². The van der Waals surface area contributed by atoms with E-state index in [1.54, 1.807) is 0 Å². The number of fused-ring (bicyclic) bond motifs is 1. The fourth-order valence-corrected chi connectivity index (χ4v) is 2.48. The Morgan fingerprint density at radius 3 is 2.52 bits per heavy atom. The Morgan fingerprint density at radius 2 is 1.74 bits per heavy atom. The number of benzene rings is 2. The van der Waals surface area contributed by atoms with Crippen LogP contribution in [0.15, 0.2) is 66.7 Å². The van der Waals surface area contributed by atoms with E-state index in [-0.39, 0.29) is 0 Å². The van der Waals surface area contributed by atoms with Crippen molar-refractivity contribution in [1.29, 1.82) is 0 Å². The van der Waals surface area contributed by atoms with Crippen LogP contribution in [0.3, 0.4) is 0 Å². The molecule has 23 heavy (non-hydrogen) atoms. The molecule has 0 aliphatic rings. The largest absolute Gasteiger partial charge is 0.365 e.